The van der Waals surface area contributed by atoms with Gasteiger partial charge in [-0.3, -0.25) is 0 Å². The van der Waals surface area contributed by atoms with Gasteiger partial charge in [-0.1, -0.05) is 383 Å². The van der Waals surface area contributed by atoms with Crippen LogP contribution in [0.15, 0.2) is 59.5 Å². The Balaban J connectivity index is 1.23. The molecule has 0 atom stereocenters. The van der Waals surface area contributed by atoms with Crippen LogP contribution in [0, 0.1) is 0 Å². The van der Waals surface area contributed by atoms with Crippen molar-refractivity contribution in [2.45, 2.75) is 399 Å². The highest BCUT2D eigenvalue weighted by Gasteiger charge is 2.37. The minimum absolute atomic E-state index is 0.502. The smallest absolute Gasteiger partial charge is 0.168 e. The lowest BCUT2D eigenvalue weighted by molar-refractivity contribution is 0.298. The van der Waals surface area contributed by atoms with Crippen molar-refractivity contribution in [3.8, 4) is 45.8 Å². The zero-order valence-corrected chi connectivity index (χ0v) is 91.9. The van der Waals surface area contributed by atoms with Gasteiger partial charge in [-0.05, 0) is 149 Å². The molecule has 0 saturated carbocycles. The van der Waals surface area contributed by atoms with E-state index in [9.17, 15) is 0 Å². The number of ether oxygens (including phenoxy) is 4. The Kier molecular flexibility index (Phi) is 45.9. The zero-order chi connectivity index (χ0) is 92.2. The summed E-state index contributed by atoms with van der Waals surface area (Å²) >= 11 is 23.6. The van der Waals surface area contributed by atoms with E-state index < -0.39 is 0 Å². The second kappa shape index (κ2) is 57.3. The second-order valence-electron chi connectivity index (χ2n) is 36.4. The standard InChI is InChI=1S/C108H154N8O4S12/c1-13-21-29-37-45-53-61-73-81-83(75(63-55-47-39-31-23-15-3)91-89(73)125-105(127-91)107-129-101(121-9)102(122-10)130-107)95-110-93(81)109-94-82-74(62-54-46-38-30-22-14-2)90-92(128-106(126-90)108-131-103(123-11)104(124-12)132-108)76(64-56-48-40-32-24-16-4)84(82)96(111-94)113-98-86-78(118-70-58-50-42-34-26-18-6)66-68-80(120-72-60-52-44-36-28-20-8)88(86)100(115-98)116-99-87-79(119-71-59-51-43-35-27-19-7)67-65-77(85(87)97(112-95)114-99)117-69-57-49-41-33-25-17-5/h65-68H,13-64,69-72H2,1-12H3,(H2,109,110,111,112,113,114,115,116). The van der Waals surface area contributed by atoms with E-state index in [2.05, 4.69) is 115 Å². The number of fused-ring (bicyclic) bond motifs is 22. The van der Waals surface area contributed by atoms with Crippen molar-refractivity contribution in [3.05, 3.63) is 75.8 Å². The molecular weight excluding hydrogens is 1860 g/mol. The molecular formula is C108H154N8O4S12. The summed E-state index contributed by atoms with van der Waals surface area (Å²) in [5.74, 6) is 3.99. The van der Waals surface area contributed by atoms with Gasteiger partial charge in [-0.25, -0.2) is 29.9 Å². The summed E-state index contributed by atoms with van der Waals surface area (Å²) in [5, 5.41) is 6.23. The molecule has 0 amide bonds. The van der Waals surface area contributed by atoms with Crippen LogP contribution in [0.25, 0.3) is 103 Å². The summed E-state index contributed by atoms with van der Waals surface area (Å²) in [6.07, 6.45) is 68.7. The largest absolute Gasteiger partial charge is 0.493 e. The normalized spacial score (nSPS) is 13.8. The summed E-state index contributed by atoms with van der Waals surface area (Å²) in [5.41, 5.74) is 11.2. The molecule has 722 valence electrons. The number of nitrogens with zero attached hydrogens (tertiary/aromatic N) is 6. The Morgan fingerprint density at radius 1 is 0.258 bits per heavy atom. The van der Waals surface area contributed by atoms with Gasteiger partial charge in [0.05, 0.1) is 87.4 Å². The average molecular weight is 2010 g/mol. The van der Waals surface area contributed by atoms with Crippen molar-refractivity contribution >= 4 is 220 Å². The van der Waals surface area contributed by atoms with E-state index in [-0.39, 0.29) is 0 Å². The minimum Gasteiger partial charge on any atom is -0.493 e. The van der Waals surface area contributed by atoms with Gasteiger partial charge >= 0.3 is 0 Å². The number of hydrogen-bond acceptors (Lipinski definition) is 22. The predicted octanol–water partition coefficient (Wildman–Crippen LogP) is 38.1. The first-order valence-electron chi connectivity index (χ1n) is 51.8. The van der Waals surface area contributed by atoms with E-state index >= 15 is 0 Å². The van der Waals surface area contributed by atoms with Gasteiger partial charge in [0.1, 0.15) is 49.4 Å². The molecule has 0 aliphatic carbocycles. The van der Waals surface area contributed by atoms with Crippen molar-refractivity contribution in [3.63, 3.8) is 0 Å². The van der Waals surface area contributed by atoms with Crippen LogP contribution in [-0.2, 0) is 25.7 Å². The molecule has 12 nitrogen and oxygen atoms in total. The first kappa shape index (κ1) is 106. The molecule has 132 heavy (non-hydrogen) atoms. The van der Waals surface area contributed by atoms with E-state index in [1.165, 1.54) is 286 Å². The maximum atomic E-state index is 7.34. The first-order chi connectivity index (χ1) is 65.1. The molecule has 0 unspecified atom stereocenters. The van der Waals surface area contributed by atoms with Crippen LogP contribution in [0.1, 0.15) is 386 Å². The van der Waals surface area contributed by atoms with Crippen LogP contribution in [0.4, 0.5) is 0 Å². The van der Waals surface area contributed by atoms with Gasteiger partial charge in [-0.15, -0.1) is 69.7 Å². The topological polar surface area (TPSA) is 146 Å². The second-order valence-corrected chi connectivity index (χ2v) is 49.9. The Bertz CT molecular complexity index is 5500. The molecule has 5 aromatic heterocycles. The van der Waals surface area contributed by atoms with Crippen molar-refractivity contribution in [2.24, 2.45) is 0 Å². The van der Waals surface area contributed by atoms with Crippen molar-refractivity contribution in [1.29, 1.82) is 0 Å². The molecule has 4 aliphatic heterocycles. The van der Waals surface area contributed by atoms with Crippen LogP contribution >= 0.6 is 140 Å². The Hall–Kier alpha value is -3.66. The summed E-state index contributed by atoms with van der Waals surface area (Å²) in [6.45, 7) is 20.8. The highest BCUT2D eigenvalue weighted by molar-refractivity contribution is 8.46. The van der Waals surface area contributed by atoms with E-state index in [1.54, 1.807) is 0 Å². The van der Waals surface area contributed by atoms with Gasteiger partial charge in [0.15, 0.2) is 22.9 Å². The van der Waals surface area contributed by atoms with Gasteiger partial charge in [0.25, 0.3) is 0 Å². The average Bonchev–Trinajstić information content (AvgIpc) is 1.55. The maximum Gasteiger partial charge on any atom is 0.168 e. The van der Waals surface area contributed by atoms with E-state index in [0.29, 0.717) is 55.0 Å². The Morgan fingerprint density at radius 2 is 0.523 bits per heavy atom. The lowest BCUT2D eigenvalue weighted by Gasteiger charge is -2.16. The third-order valence-electron chi connectivity index (χ3n) is 26.2. The summed E-state index contributed by atoms with van der Waals surface area (Å²) in [4.78, 5) is 48.6. The number of hydrogen-bond donors (Lipinski definition) is 2. The highest BCUT2D eigenvalue weighted by Crippen LogP contribution is 2.66. The van der Waals surface area contributed by atoms with Crippen LogP contribution in [0.3, 0.4) is 0 Å². The van der Waals surface area contributed by atoms with E-state index in [0.717, 1.165) is 206 Å². The van der Waals surface area contributed by atoms with Crippen molar-refractivity contribution in [1.82, 2.24) is 39.9 Å². The molecule has 0 spiro atoms. The monoisotopic (exact) mass is 2010 g/mol. The van der Waals surface area contributed by atoms with E-state index in [4.69, 9.17) is 48.9 Å². The Labute approximate surface area is 843 Å². The number of aromatic amines is 2. The molecule has 9 aromatic rings. The SMILES string of the molecule is CCCCCCCCOc1ccc(OCCCCCCCC)c2c1-c1nc-2nc2[nH]c(nc3nc(nc4[nH]c(n1)c1c(OCCCCCCCC)ccc(OCCCCCCCC)c41)c1c(CCCCCCCC)c4sc(=C5SC(SC)=C(SC)S5)sc4c(CCCCCCCC)c31)c1c(CCCCCCCC)c3c(c(CCCCCCCC)c21)SC(=C1SC(SC)=C(SC)S1)S3. The van der Waals surface area contributed by atoms with Crippen molar-refractivity contribution in [2.75, 3.05) is 51.5 Å². The minimum atomic E-state index is 0.502. The number of nitrogens with one attached hydrogen (secondary N) is 2. The molecule has 13 rings (SSSR count). The van der Waals surface area contributed by atoms with Crippen LogP contribution < -0.4 is 22.8 Å². The third-order valence-corrected chi connectivity index (χ3v) is 43.1. The van der Waals surface area contributed by atoms with Gasteiger partial charge in [0, 0.05) is 31.3 Å². The Morgan fingerprint density at radius 3 is 0.856 bits per heavy atom. The summed E-state index contributed by atoms with van der Waals surface area (Å²) in [6, 6.07) is 8.61. The number of H-pyrrole nitrogens is 2. The number of benzene rings is 4. The fraction of sp³-hybridized carbons (Fsp3) is 0.630. The summed E-state index contributed by atoms with van der Waals surface area (Å²) in [7, 11) is 0. The fourth-order valence-electron chi connectivity index (χ4n) is 18.9. The lowest BCUT2D eigenvalue weighted by Crippen LogP contribution is -2.02. The van der Waals surface area contributed by atoms with Gasteiger partial charge in [-0.2, -0.15) is 0 Å². The molecule has 4 aliphatic rings. The van der Waals surface area contributed by atoms with Crippen LogP contribution in [0.5, 0.6) is 23.0 Å². The number of unbranched alkanes of at least 4 members (excludes halogenated alkanes) is 40. The molecule has 2 N–H and O–H groups in total. The van der Waals surface area contributed by atoms with E-state index in [1.807, 2.05) is 140 Å². The quantitative estimate of drug-likeness (QED) is 0.0348. The number of aryl methyl sites for hydroxylation is 4. The predicted molar refractivity (Wildman–Crippen MR) is 600 cm³/mol. The van der Waals surface area contributed by atoms with Crippen LogP contribution in [-0.4, -0.2) is 91.3 Å². The lowest BCUT2D eigenvalue weighted by atomic mass is 9.94. The zero-order valence-electron chi connectivity index (χ0n) is 82.1. The molecule has 24 heteroatoms. The highest BCUT2D eigenvalue weighted by atomic mass is 32.3. The van der Waals surface area contributed by atoms with Crippen LogP contribution in [0.2, 0.25) is 0 Å². The molecule has 8 bridgehead atoms. The molecule has 9 heterocycles. The molecule has 0 radical (unpaired) electrons. The number of aromatic nitrogens is 8. The maximum absolute atomic E-state index is 7.34. The first-order valence-corrected chi connectivity index (χ1v) is 63.2. The summed E-state index contributed by atoms with van der Waals surface area (Å²) < 4.78 is 43.2. The third kappa shape index (κ3) is 28.0. The van der Waals surface area contributed by atoms with Gasteiger partial charge < -0.3 is 28.9 Å². The van der Waals surface area contributed by atoms with Crippen molar-refractivity contribution < 1.29 is 18.9 Å². The number of rotatable bonds is 64. The molecule has 0 fully saturated rings. The fourth-order valence-corrected chi connectivity index (χ4v) is 35.3. The molecule has 4 aromatic carbocycles. The van der Waals surface area contributed by atoms with Gasteiger partial charge in [0.2, 0.25) is 0 Å². The molecule has 0 saturated heterocycles. The number of thioether (sulfide) groups is 10.